The Morgan fingerprint density at radius 1 is 1.25 bits per heavy atom. The summed E-state index contributed by atoms with van der Waals surface area (Å²) in [6.07, 6.45) is 9.85. The molecule has 5 heteroatoms. The van der Waals surface area contributed by atoms with Gasteiger partial charge in [0.2, 0.25) is 5.91 Å². The summed E-state index contributed by atoms with van der Waals surface area (Å²) in [5, 5.41) is 3.05. The fraction of sp³-hybridized carbons (Fsp3) is 0.478. The first-order valence-electron chi connectivity index (χ1n) is 10.1. The maximum absolute atomic E-state index is 13.2. The molecule has 1 aromatic carbocycles. The molecule has 1 aromatic heterocycles. The molecule has 1 saturated carbocycles. The van der Waals surface area contributed by atoms with E-state index >= 15 is 0 Å². The quantitative estimate of drug-likeness (QED) is 0.628. The van der Waals surface area contributed by atoms with Crippen molar-refractivity contribution < 1.29 is 4.79 Å². The predicted molar refractivity (Wildman–Crippen MR) is 119 cm³/mol. The molecule has 1 fully saturated rings. The van der Waals surface area contributed by atoms with Gasteiger partial charge in [-0.2, -0.15) is 0 Å². The van der Waals surface area contributed by atoms with E-state index in [0.717, 1.165) is 17.7 Å². The second-order valence-electron chi connectivity index (χ2n) is 7.95. The van der Waals surface area contributed by atoms with Crippen molar-refractivity contribution in [3.05, 3.63) is 47.7 Å². The lowest BCUT2D eigenvalue weighted by Crippen LogP contribution is -2.24. The van der Waals surface area contributed by atoms with Gasteiger partial charge in [-0.3, -0.25) is 4.79 Å². The molecule has 0 aliphatic heterocycles. The molecular formula is C23H31N3OS. The smallest absolute Gasteiger partial charge is 0.233 e. The maximum Gasteiger partial charge on any atom is 0.233 e. The summed E-state index contributed by atoms with van der Waals surface area (Å²) < 4.78 is 0. The molecule has 1 unspecified atom stereocenters. The number of rotatable bonds is 7. The van der Waals surface area contributed by atoms with Gasteiger partial charge in [-0.15, -0.1) is 11.8 Å². The molecule has 0 radical (unpaired) electrons. The third-order valence-corrected chi connectivity index (χ3v) is 6.59. The minimum Gasteiger partial charge on any atom is -0.376 e. The van der Waals surface area contributed by atoms with Crippen molar-refractivity contribution in [2.45, 2.75) is 49.8 Å². The van der Waals surface area contributed by atoms with Gasteiger partial charge in [0.1, 0.15) is 5.82 Å². The number of hydrogen-bond acceptors (Lipinski definition) is 4. The van der Waals surface area contributed by atoms with E-state index in [2.05, 4.69) is 41.7 Å². The fourth-order valence-electron chi connectivity index (χ4n) is 4.03. The number of hydrogen-bond donors (Lipinski definition) is 1. The standard InChI is InChI=1S/C23H31N3OS/c1-16-13-18(9-11-21(16)28-4)20(14-17-7-5-6-8-17)23(27)25-22-12-10-19(15-24-22)26(2)3/h9-13,15,17,20H,5-8,14H2,1-4H3,(H,24,25,27). The molecule has 1 aliphatic carbocycles. The van der Waals surface area contributed by atoms with Crippen molar-refractivity contribution in [2.75, 3.05) is 30.6 Å². The molecule has 150 valence electrons. The zero-order valence-electron chi connectivity index (χ0n) is 17.4. The van der Waals surface area contributed by atoms with Crippen LogP contribution in [0.25, 0.3) is 0 Å². The summed E-state index contributed by atoms with van der Waals surface area (Å²) in [5.74, 6) is 1.17. The van der Waals surface area contributed by atoms with Crippen LogP contribution in [0.3, 0.4) is 0 Å². The summed E-state index contributed by atoms with van der Waals surface area (Å²) >= 11 is 1.75. The molecule has 28 heavy (non-hydrogen) atoms. The molecule has 1 N–H and O–H groups in total. The third-order valence-electron chi connectivity index (χ3n) is 5.70. The Hall–Kier alpha value is -2.01. The van der Waals surface area contributed by atoms with E-state index in [1.165, 1.54) is 36.1 Å². The lowest BCUT2D eigenvalue weighted by atomic mass is 9.86. The Morgan fingerprint density at radius 3 is 2.57 bits per heavy atom. The van der Waals surface area contributed by atoms with Crippen LogP contribution < -0.4 is 10.2 Å². The van der Waals surface area contributed by atoms with E-state index in [1.54, 1.807) is 18.0 Å². The molecule has 1 amide bonds. The molecule has 0 bridgehead atoms. The average molecular weight is 398 g/mol. The summed E-state index contributed by atoms with van der Waals surface area (Å²) in [6, 6.07) is 10.3. The topological polar surface area (TPSA) is 45.2 Å². The zero-order valence-corrected chi connectivity index (χ0v) is 18.2. The number of benzene rings is 1. The summed E-state index contributed by atoms with van der Waals surface area (Å²) in [6.45, 7) is 2.13. The van der Waals surface area contributed by atoms with Crippen molar-refractivity contribution >= 4 is 29.2 Å². The minimum absolute atomic E-state index is 0.0494. The van der Waals surface area contributed by atoms with E-state index in [9.17, 15) is 4.79 Å². The first-order valence-corrected chi connectivity index (χ1v) is 11.3. The Balaban J connectivity index is 1.80. The van der Waals surface area contributed by atoms with Gasteiger partial charge in [0.05, 0.1) is 17.8 Å². The normalized spacial score (nSPS) is 15.4. The highest BCUT2D eigenvalue weighted by Gasteiger charge is 2.27. The highest BCUT2D eigenvalue weighted by atomic mass is 32.2. The largest absolute Gasteiger partial charge is 0.376 e. The Kier molecular flexibility index (Phi) is 7.00. The highest BCUT2D eigenvalue weighted by Crippen LogP contribution is 2.36. The molecule has 4 nitrogen and oxygen atoms in total. The number of nitrogens with zero attached hydrogens (tertiary/aromatic N) is 2. The third kappa shape index (κ3) is 5.07. The first-order chi connectivity index (χ1) is 13.5. The van der Waals surface area contributed by atoms with Gasteiger partial charge in [0.15, 0.2) is 0 Å². The number of anilines is 2. The van der Waals surface area contributed by atoms with Crippen molar-refractivity contribution in [3.63, 3.8) is 0 Å². The van der Waals surface area contributed by atoms with Crippen LogP contribution in [0.5, 0.6) is 0 Å². The van der Waals surface area contributed by atoms with Crippen LogP contribution in [0.15, 0.2) is 41.4 Å². The van der Waals surface area contributed by atoms with Crippen LogP contribution in [-0.2, 0) is 4.79 Å². The van der Waals surface area contributed by atoms with Gasteiger partial charge in [-0.05, 0) is 54.8 Å². The molecule has 0 saturated heterocycles. The molecule has 1 aliphatic rings. The van der Waals surface area contributed by atoms with Crippen LogP contribution in [0.1, 0.15) is 49.1 Å². The van der Waals surface area contributed by atoms with Crippen LogP contribution >= 0.6 is 11.8 Å². The van der Waals surface area contributed by atoms with Gasteiger partial charge in [-0.25, -0.2) is 4.98 Å². The van der Waals surface area contributed by atoms with Gasteiger partial charge in [-0.1, -0.05) is 37.8 Å². The van der Waals surface area contributed by atoms with Crippen molar-refractivity contribution in [1.29, 1.82) is 0 Å². The Bertz CT molecular complexity index is 798. The number of aromatic nitrogens is 1. The number of pyridine rings is 1. The molecule has 3 rings (SSSR count). The number of amides is 1. The van der Waals surface area contributed by atoms with E-state index in [1.807, 2.05) is 31.1 Å². The lowest BCUT2D eigenvalue weighted by Gasteiger charge is -2.21. The fourth-order valence-corrected chi connectivity index (χ4v) is 4.62. The monoisotopic (exact) mass is 397 g/mol. The van der Waals surface area contributed by atoms with Crippen molar-refractivity contribution in [3.8, 4) is 0 Å². The molecule has 1 heterocycles. The molecule has 0 spiro atoms. The summed E-state index contributed by atoms with van der Waals surface area (Å²) in [7, 11) is 3.96. The first kappa shape index (κ1) is 20.7. The van der Waals surface area contributed by atoms with E-state index in [0.29, 0.717) is 11.7 Å². The van der Waals surface area contributed by atoms with Crippen molar-refractivity contribution in [2.24, 2.45) is 5.92 Å². The molecule has 1 atom stereocenters. The van der Waals surface area contributed by atoms with Gasteiger partial charge in [0.25, 0.3) is 0 Å². The SMILES string of the molecule is CSc1ccc(C(CC2CCCC2)C(=O)Nc2ccc(N(C)C)cn2)cc1C. The van der Waals surface area contributed by atoms with Gasteiger partial charge >= 0.3 is 0 Å². The zero-order chi connectivity index (χ0) is 20.1. The average Bonchev–Trinajstić information content (AvgIpc) is 3.19. The number of thioether (sulfide) groups is 1. The summed E-state index contributed by atoms with van der Waals surface area (Å²) in [5.41, 5.74) is 3.37. The molecule has 2 aromatic rings. The minimum atomic E-state index is -0.131. The number of carbonyl (C=O) groups is 1. The van der Waals surface area contributed by atoms with E-state index in [4.69, 9.17) is 0 Å². The predicted octanol–water partition coefficient (Wildman–Crippen LogP) is 5.48. The maximum atomic E-state index is 13.2. The number of carbonyl (C=O) groups excluding carboxylic acids is 1. The van der Waals surface area contributed by atoms with Crippen LogP contribution in [0.2, 0.25) is 0 Å². The van der Waals surface area contributed by atoms with E-state index in [-0.39, 0.29) is 11.8 Å². The van der Waals surface area contributed by atoms with Crippen LogP contribution in [0, 0.1) is 12.8 Å². The van der Waals surface area contributed by atoms with Crippen molar-refractivity contribution in [1.82, 2.24) is 4.98 Å². The number of nitrogens with one attached hydrogen (secondary N) is 1. The second-order valence-corrected chi connectivity index (χ2v) is 8.80. The van der Waals surface area contributed by atoms with Crippen LogP contribution in [-0.4, -0.2) is 31.2 Å². The van der Waals surface area contributed by atoms with E-state index < -0.39 is 0 Å². The highest BCUT2D eigenvalue weighted by molar-refractivity contribution is 7.98. The van der Waals surface area contributed by atoms with Gasteiger partial charge in [0, 0.05) is 19.0 Å². The Morgan fingerprint density at radius 2 is 2.00 bits per heavy atom. The van der Waals surface area contributed by atoms with Crippen LogP contribution in [0.4, 0.5) is 11.5 Å². The number of aryl methyl sites for hydroxylation is 1. The second kappa shape index (κ2) is 9.46. The van der Waals surface area contributed by atoms with Gasteiger partial charge < -0.3 is 10.2 Å². The Labute approximate surface area is 173 Å². The summed E-state index contributed by atoms with van der Waals surface area (Å²) in [4.78, 5) is 20.9. The lowest BCUT2D eigenvalue weighted by molar-refractivity contribution is -0.118. The molecular weight excluding hydrogens is 366 g/mol.